The van der Waals surface area contributed by atoms with Crippen LogP contribution in [0.3, 0.4) is 0 Å². The van der Waals surface area contributed by atoms with E-state index in [2.05, 4.69) is 21.9 Å². The Hall–Kier alpha value is -2.16. The second kappa shape index (κ2) is 4.57. The van der Waals surface area contributed by atoms with E-state index in [-0.39, 0.29) is 0 Å². The van der Waals surface area contributed by atoms with E-state index in [4.69, 9.17) is 0 Å². The van der Waals surface area contributed by atoms with Gasteiger partial charge in [0.15, 0.2) is 0 Å². The minimum absolute atomic E-state index is 0.569. The zero-order valence-electron chi connectivity index (χ0n) is 9.14. The summed E-state index contributed by atoms with van der Waals surface area (Å²) in [5.74, 6) is 0.569. The molecular formula is C13H13N3. The Morgan fingerprint density at radius 3 is 2.38 bits per heavy atom. The van der Waals surface area contributed by atoms with Crippen molar-refractivity contribution in [1.29, 1.82) is 0 Å². The summed E-state index contributed by atoms with van der Waals surface area (Å²) in [5, 5.41) is 3.07. The first-order valence-electron chi connectivity index (χ1n) is 5.06. The first-order chi connectivity index (χ1) is 7.75. The van der Waals surface area contributed by atoms with Crippen molar-refractivity contribution in [3.8, 4) is 0 Å². The largest absolute Gasteiger partial charge is 0.324 e. The molecule has 1 heterocycles. The van der Waals surface area contributed by atoms with Crippen molar-refractivity contribution >= 4 is 11.6 Å². The van der Waals surface area contributed by atoms with Crippen molar-refractivity contribution in [2.24, 2.45) is 0 Å². The topological polar surface area (TPSA) is 37.8 Å². The SMILES string of the molecule is C=C(Nc1ncc(C)cn1)c1ccccc1. The minimum Gasteiger partial charge on any atom is -0.324 e. The molecule has 0 bridgehead atoms. The Bertz CT molecular complexity index is 474. The van der Waals surface area contributed by atoms with Crippen LogP contribution in [-0.2, 0) is 0 Å². The fourth-order valence-corrected chi connectivity index (χ4v) is 1.30. The molecule has 3 nitrogen and oxygen atoms in total. The van der Waals surface area contributed by atoms with Gasteiger partial charge < -0.3 is 5.32 Å². The molecule has 0 atom stereocenters. The van der Waals surface area contributed by atoms with Crippen LogP contribution < -0.4 is 5.32 Å². The normalized spacial score (nSPS) is 9.81. The quantitative estimate of drug-likeness (QED) is 0.848. The van der Waals surface area contributed by atoms with Crippen molar-refractivity contribution in [3.05, 3.63) is 60.4 Å². The van der Waals surface area contributed by atoms with Crippen molar-refractivity contribution in [2.75, 3.05) is 5.32 Å². The van der Waals surface area contributed by atoms with Crippen molar-refractivity contribution in [3.63, 3.8) is 0 Å². The Morgan fingerprint density at radius 2 is 1.75 bits per heavy atom. The van der Waals surface area contributed by atoms with Gasteiger partial charge in [-0.1, -0.05) is 36.9 Å². The predicted octanol–water partition coefficient (Wildman–Crippen LogP) is 2.87. The molecule has 0 aliphatic heterocycles. The van der Waals surface area contributed by atoms with Crippen molar-refractivity contribution in [1.82, 2.24) is 9.97 Å². The second-order valence-corrected chi connectivity index (χ2v) is 3.55. The summed E-state index contributed by atoms with van der Waals surface area (Å²) in [4.78, 5) is 8.32. The first-order valence-corrected chi connectivity index (χ1v) is 5.06. The lowest BCUT2D eigenvalue weighted by Gasteiger charge is -2.07. The second-order valence-electron chi connectivity index (χ2n) is 3.55. The molecule has 0 spiro atoms. The number of anilines is 1. The summed E-state index contributed by atoms with van der Waals surface area (Å²) in [6, 6.07) is 9.89. The predicted molar refractivity (Wildman–Crippen MR) is 65.9 cm³/mol. The number of hydrogen-bond acceptors (Lipinski definition) is 3. The lowest BCUT2D eigenvalue weighted by atomic mass is 10.2. The van der Waals surface area contributed by atoms with E-state index < -0.39 is 0 Å². The molecule has 0 saturated carbocycles. The lowest BCUT2D eigenvalue weighted by molar-refractivity contribution is 1.13. The molecule has 1 aromatic heterocycles. The molecule has 80 valence electrons. The molecule has 0 saturated heterocycles. The maximum atomic E-state index is 4.16. The van der Waals surface area contributed by atoms with Crippen LogP contribution in [0.25, 0.3) is 5.70 Å². The molecule has 0 unspecified atom stereocenters. The number of benzene rings is 1. The molecule has 0 fully saturated rings. The summed E-state index contributed by atoms with van der Waals surface area (Å²) >= 11 is 0. The van der Waals surface area contributed by atoms with Crippen LogP contribution in [0.2, 0.25) is 0 Å². The molecule has 0 aliphatic rings. The van der Waals surface area contributed by atoms with E-state index >= 15 is 0 Å². The lowest BCUT2D eigenvalue weighted by Crippen LogP contribution is -2.01. The van der Waals surface area contributed by atoms with E-state index in [1.165, 1.54) is 0 Å². The monoisotopic (exact) mass is 211 g/mol. The third-order valence-corrected chi connectivity index (χ3v) is 2.17. The summed E-state index contributed by atoms with van der Waals surface area (Å²) < 4.78 is 0. The zero-order chi connectivity index (χ0) is 11.4. The van der Waals surface area contributed by atoms with E-state index in [1.54, 1.807) is 12.4 Å². The molecule has 1 N–H and O–H groups in total. The highest BCUT2D eigenvalue weighted by atomic mass is 15.1. The summed E-state index contributed by atoms with van der Waals surface area (Å²) in [5.41, 5.74) is 2.87. The highest BCUT2D eigenvalue weighted by Gasteiger charge is 2.00. The number of nitrogens with one attached hydrogen (secondary N) is 1. The van der Waals surface area contributed by atoms with Crippen LogP contribution in [0.15, 0.2) is 49.3 Å². The highest BCUT2D eigenvalue weighted by molar-refractivity contribution is 5.72. The van der Waals surface area contributed by atoms with Crippen LogP contribution in [-0.4, -0.2) is 9.97 Å². The van der Waals surface area contributed by atoms with Crippen LogP contribution in [0.5, 0.6) is 0 Å². The van der Waals surface area contributed by atoms with E-state index in [9.17, 15) is 0 Å². The average molecular weight is 211 g/mol. The Morgan fingerprint density at radius 1 is 1.12 bits per heavy atom. The van der Waals surface area contributed by atoms with Gasteiger partial charge in [-0.25, -0.2) is 9.97 Å². The maximum Gasteiger partial charge on any atom is 0.227 e. The van der Waals surface area contributed by atoms with E-state index in [1.807, 2.05) is 37.3 Å². The van der Waals surface area contributed by atoms with Gasteiger partial charge in [0.25, 0.3) is 0 Å². The van der Waals surface area contributed by atoms with Gasteiger partial charge in [0.05, 0.1) is 0 Å². The van der Waals surface area contributed by atoms with Gasteiger partial charge in [0.1, 0.15) is 0 Å². The Balaban J connectivity index is 2.11. The number of aromatic nitrogens is 2. The molecule has 0 aliphatic carbocycles. The average Bonchev–Trinajstić information content (AvgIpc) is 2.33. The van der Waals surface area contributed by atoms with Gasteiger partial charge in [-0.05, 0) is 18.1 Å². The number of rotatable bonds is 3. The molecule has 3 heteroatoms. The standard InChI is InChI=1S/C13H13N3/c1-10-8-14-13(15-9-10)16-11(2)12-6-4-3-5-7-12/h3-9H,2H2,1H3,(H,14,15,16). The molecule has 2 aromatic rings. The maximum absolute atomic E-state index is 4.16. The van der Waals surface area contributed by atoms with Crippen LogP contribution in [0.4, 0.5) is 5.95 Å². The van der Waals surface area contributed by atoms with E-state index in [0.717, 1.165) is 16.8 Å². The molecule has 2 rings (SSSR count). The van der Waals surface area contributed by atoms with Gasteiger partial charge in [-0.2, -0.15) is 0 Å². The van der Waals surface area contributed by atoms with Crippen LogP contribution in [0.1, 0.15) is 11.1 Å². The smallest absolute Gasteiger partial charge is 0.227 e. The number of hydrogen-bond donors (Lipinski definition) is 1. The Kier molecular flexibility index (Phi) is 2.96. The van der Waals surface area contributed by atoms with Gasteiger partial charge in [0.2, 0.25) is 5.95 Å². The summed E-state index contributed by atoms with van der Waals surface area (Å²) in [7, 11) is 0. The third-order valence-electron chi connectivity index (χ3n) is 2.17. The molecule has 0 radical (unpaired) electrons. The van der Waals surface area contributed by atoms with Crippen molar-refractivity contribution in [2.45, 2.75) is 6.92 Å². The number of aryl methyl sites for hydroxylation is 1. The van der Waals surface area contributed by atoms with Crippen molar-refractivity contribution < 1.29 is 0 Å². The third kappa shape index (κ3) is 2.45. The zero-order valence-corrected chi connectivity index (χ0v) is 9.14. The van der Waals surface area contributed by atoms with Gasteiger partial charge in [0, 0.05) is 18.1 Å². The highest BCUT2D eigenvalue weighted by Crippen LogP contribution is 2.13. The number of nitrogens with zero attached hydrogens (tertiary/aromatic N) is 2. The van der Waals surface area contributed by atoms with Crippen LogP contribution >= 0.6 is 0 Å². The van der Waals surface area contributed by atoms with Gasteiger partial charge >= 0.3 is 0 Å². The fourth-order valence-electron chi connectivity index (χ4n) is 1.30. The van der Waals surface area contributed by atoms with E-state index in [0.29, 0.717) is 5.95 Å². The first kappa shape index (κ1) is 10.4. The molecule has 1 aromatic carbocycles. The van der Waals surface area contributed by atoms with Gasteiger partial charge in [-0.15, -0.1) is 0 Å². The van der Waals surface area contributed by atoms with Gasteiger partial charge in [-0.3, -0.25) is 0 Å². The van der Waals surface area contributed by atoms with Crippen LogP contribution in [0, 0.1) is 6.92 Å². The summed E-state index contributed by atoms with van der Waals surface area (Å²) in [6.45, 7) is 5.91. The molecule has 0 amide bonds. The minimum atomic E-state index is 0.569. The Labute approximate surface area is 94.9 Å². The summed E-state index contributed by atoms with van der Waals surface area (Å²) in [6.07, 6.45) is 3.54. The molecular weight excluding hydrogens is 198 g/mol. The fraction of sp³-hybridized carbons (Fsp3) is 0.0769. The molecule has 16 heavy (non-hydrogen) atoms.